The maximum Gasteiger partial charge on any atom is 0.319 e. The van der Waals surface area contributed by atoms with E-state index in [2.05, 4.69) is 11.4 Å². The molecular weight excluding hydrogens is 302 g/mol. The van der Waals surface area contributed by atoms with E-state index < -0.39 is 0 Å². The van der Waals surface area contributed by atoms with Crippen molar-refractivity contribution in [3.63, 3.8) is 0 Å². The third-order valence-corrected chi connectivity index (χ3v) is 4.54. The lowest BCUT2D eigenvalue weighted by atomic mass is 9.96. The second-order valence-electron chi connectivity index (χ2n) is 6.49. The molecule has 126 valence electrons. The summed E-state index contributed by atoms with van der Waals surface area (Å²) in [4.78, 5) is 27.8. The summed E-state index contributed by atoms with van der Waals surface area (Å²) < 4.78 is 0. The topological polar surface area (TPSA) is 52.7 Å². The highest BCUT2D eigenvalue weighted by molar-refractivity contribution is 5.95. The van der Waals surface area contributed by atoms with Gasteiger partial charge in [-0.25, -0.2) is 4.79 Å². The van der Waals surface area contributed by atoms with Crippen LogP contribution in [-0.2, 0) is 4.79 Å². The molecule has 0 spiro atoms. The SMILES string of the molecule is CN(C)C(=O)N1CCC(C(=O)Nc2ccc3ccccc3c2)CC1. The van der Waals surface area contributed by atoms with Crippen molar-refractivity contribution in [1.82, 2.24) is 9.80 Å². The molecule has 0 unspecified atom stereocenters. The summed E-state index contributed by atoms with van der Waals surface area (Å²) in [5, 5.41) is 5.29. The van der Waals surface area contributed by atoms with Gasteiger partial charge in [0.05, 0.1) is 0 Å². The van der Waals surface area contributed by atoms with E-state index in [4.69, 9.17) is 0 Å². The number of nitrogens with one attached hydrogen (secondary N) is 1. The van der Waals surface area contributed by atoms with Crippen LogP contribution in [0.2, 0.25) is 0 Å². The van der Waals surface area contributed by atoms with Crippen molar-refractivity contribution in [3.8, 4) is 0 Å². The minimum absolute atomic E-state index is 0.0170. The van der Waals surface area contributed by atoms with Crippen molar-refractivity contribution < 1.29 is 9.59 Å². The number of hydrogen-bond acceptors (Lipinski definition) is 2. The largest absolute Gasteiger partial charge is 0.331 e. The predicted molar refractivity (Wildman–Crippen MR) is 96.0 cm³/mol. The third-order valence-electron chi connectivity index (χ3n) is 4.54. The molecule has 5 heteroatoms. The fraction of sp³-hybridized carbons (Fsp3) is 0.368. The number of amides is 3. The quantitative estimate of drug-likeness (QED) is 0.922. The molecule has 5 nitrogen and oxygen atoms in total. The second kappa shape index (κ2) is 6.91. The lowest BCUT2D eigenvalue weighted by Gasteiger charge is -2.33. The molecular formula is C19H23N3O2. The Kier molecular flexibility index (Phi) is 4.69. The highest BCUT2D eigenvalue weighted by Gasteiger charge is 2.27. The first-order valence-electron chi connectivity index (χ1n) is 8.30. The number of nitrogens with zero attached hydrogens (tertiary/aromatic N) is 2. The number of carbonyl (C=O) groups is 2. The molecule has 0 bridgehead atoms. The van der Waals surface area contributed by atoms with Gasteiger partial charge in [-0.3, -0.25) is 4.79 Å². The van der Waals surface area contributed by atoms with Crippen LogP contribution in [0.5, 0.6) is 0 Å². The standard InChI is InChI=1S/C19H23N3O2/c1-21(2)19(24)22-11-9-15(10-12-22)18(23)20-17-8-7-14-5-3-4-6-16(14)13-17/h3-8,13,15H,9-12H2,1-2H3,(H,20,23). The average Bonchev–Trinajstić information content (AvgIpc) is 2.61. The van der Waals surface area contributed by atoms with Crippen LogP contribution in [0.25, 0.3) is 10.8 Å². The summed E-state index contributed by atoms with van der Waals surface area (Å²) in [6, 6.07) is 14.1. The van der Waals surface area contributed by atoms with E-state index in [1.165, 1.54) is 0 Å². The summed E-state index contributed by atoms with van der Waals surface area (Å²) in [7, 11) is 3.50. The molecule has 0 saturated carbocycles. The van der Waals surface area contributed by atoms with Gasteiger partial charge in [0, 0.05) is 38.8 Å². The molecule has 1 saturated heterocycles. The van der Waals surface area contributed by atoms with E-state index in [-0.39, 0.29) is 17.9 Å². The molecule has 2 aromatic carbocycles. The van der Waals surface area contributed by atoms with E-state index in [1.54, 1.807) is 23.9 Å². The number of urea groups is 1. The monoisotopic (exact) mass is 325 g/mol. The first-order valence-corrected chi connectivity index (χ1v) is 8.30. The van der Waals surface area contributed by atoms with Gasteiger partial charge in [-0.1, -0.05) is 30.3 Å². The highest BCUT2D eigenvalue weighted by atomic mass is 16.2. The average molecular weight is 325 g/mol. The number of benzene rings is 2. The first-order chi connectivity index (χ1) is 11.5. The molecule has 2 aromatic rings. The van der Waals surface area contributed by atoms with Gasteiger partial charge in [0.15, 0.2) is 0 Å². The van der Waals surface area contributed by atoms with Gasteiger partial charge >= 0.3 is 6.03 Å². The van der Waals surface area contributed by atoms with Crippen molar-refractivity contribution in [3.05, 3.63) is 42.5 Å². The van der Waals surface area contributed by atoms with Crippen LogP contribution in [0, 0.1) is 5.92 Å². The van der Waals surface area contributed by atoms with E-state index in [0.29, 0.717) is 25.9 Å². The Labute approximate surface area is 142 Å². The maximum absolute atomic E-state index is 12.5. The van der Waals surface area contributed by atoms with Gasteiger partial charge in [-0.2, -0.15) is 0 Å². The van der Waals surface area contributed by atoms with Crippen LogP contribution in [0.1, 0.15) is 12.8 Å². The summed E-state index contributed by atoms with van der Waals surface area (Å²) in [6.07, 6.45) is 1.41. The molecule has 3 amide bonds. The zero-order valence-corrected chi connectivity index (χ0v) is 14.2. The molecule has 3 rings (SSSR count). The maximum atomic E-state index is 12.5. The molecule has 1 fully saturated rings. The molecule has 0 aromatic heterocycles. The summed E-state index contributed by atoms with van der Waals surface area (Å²) >= 11 is 0. The molecule has 0 aliphatic carbocycles. The van der Waals surface area contributed by atoms with E-state index in [0.717, 1.165) is 16.5 Å². The smallest absolute Gasteiger partial charge is 0.319 e. The van der Waals surface area contributed by atoms with E-state index in [9.17, 15) is 9.59 Å². The van der Waals surface area contributed by atoms with Crippen molar-refractivity contribution in [2.75, 3.05) is 32.5 Å². The molecule has 1 aliphatic rings. The molecule has 1 aliphatic heterocycles. The number of fused-ring (bicyclic) bond motifs is 1. The summed E-state index contributed by atoms with van der Waals surface area (Å²) in [5.41, 5.74) is 0.825. The van der Waals surface area contributed by atoms with Crippen molar-refractivity contribution in [2.45, 2.75) is 12.8 Å². The minimum Gasteiger partial charge on any atom is -0.331 e. The van der Waals surface area contributed by atoms with Crippen molar-refractivity contribution >= 4 is 28.4 Å². The number of hydrogen-bond donors (Lipinski definition) is 1. The van der Waals surface area contributed by atoms with Crippen LogP contribution >= 0.6 is 0 Å². The van der Waals surface area contributed by atoms with Gasteiger partial charge in [0.2, 0.25) is 5.91 Å². The number of anilines is 1. The van der Waals surface area contributed by atoms with Crippen LogP contribution < -0.4 is 5.32 Å². The van der Waals surface area contributed by atoms with Crippen LogP contribution in [-0.4, -0.2) is 48.9 Å². The predicted octanol–water partition coefficient (Wildman–Crippen LogP) is 3.17. The Hall–Kier alpha value is -2.56. The molecule has 0 radical (unpaired) electrons. The lowest BCUT2D eigenvalue weighted by molar-refractivity contribution is -0.121. The fourth-order valence-electron chi connectivity index (χ4n) is 3.13. The molecule has 1 N–H and O–H groups in total. The zero-order valence-electron chi connectivity index (χ0n) is 14.2. The Bertz CT molecular complexity index is 749. The van der Waals surface area contributed by atoms with Crippen LogP contribution in [0.3, 0.4) is 0 Å². The molecule has 0 atom stereocenters. The van der Waals surface area contributed by atoms with Gasteiger partial charge in [-0.15, -0.1) is 0 Å². The van der Waals surface area contributed by atoms with Crippen LogP contribution in [0.4, 0.5) is 10.5 Å². The van der Waals surface area contributed by atoms with Crippen LogP contribution in [0.15, 0.2) is 42.5 Å². The fourth-order valence-corrected chi connectivity index (χ4v) is 3.13. The van der Waals surface area contributed by atoms with E-state index >= 15 is 0 Å². The normalized spacial score (nSPS) is 15.3. The Morgan fingerprint density at radius 3 is 2.38 bits per heavy atom. The Balaban J connectivity index is 1.60. The Morgan fingerprint density at radius 1 is 1.04 bits per heavy atom. The van der Waals surface area contributed by atoms with Gasteiger partial charge in [0.1, 0.15) is 0 Å². The number of piperidine rings is 1. The number of carbonyl (C=O) groups excluding carboxylic acids is 2. The zero-order chi connectivity index (χ0) is 17.1. The second-order valence-corrected chi connectivity index (χ2v) is 6.49. The molecule has 24 heavy (non-hydrogen) atoms. The lowest BCUT2D eigenvalue weighted by Crippen LogP contribution is -2.45. The third kappa shape index (κ3) is 3.50. The summed E-state index contributed by atoms with van der Waals surface area (Å²) in [5.74, 6) is 0.00455. The Morgan fingerprint density at radius 2 is 1.71 bits per heavy atom. The highest BCUT2D eigenvalue weighted by Crippen LogP contribution is 2.22. The first kappa shape index (κ1) is 16.3. The minimum atomic E-state index is -0.0392. The van der Waals surface area contributed by atoms with Crippen molar-refractivity contribution in [1.29, 1.82) is 0 Å². The summed E-state index contributed by atoms with van der Waals surface area (Å²) in [6.45, 7) is 1.26. The number of likely N-dealkylation sites (tertiary alicyclic amines) is 1. The van der Waals surface area contributed by atoms with Crippen molar-refractivity contribution in [2.24, 2.45) is 5.92 Å². The van der Waals surface area contributed by atoms with Gasteiger partial charge < -0.3 is 15.1 Å². The number of rotatable bonds is 2. The molecule has 1 heterocycles. The van der Waals surface area contributed by atoms with Gasteiger partial charge in [-0.05, 0) is 35.7 Å². The van der Waals surface area contributed by atoms with Gasteiger partial charge in [0.25, 0.3) is 0 Å². The van der Waals surface area contributed by atoms with E-state index in [1.807, 2.05) is 36.4 Å².